The van der Waals surface area contributed by atoms with Gasteiger partial charge >= 0.3 is 5.97 Å². The Bertz CT molecular complexity index is 250. The largest absolute Gasteiger partial charge is 0.481 e. The van der Waals surface area contributed by atoms with Gasteiger partial charge in [-0.15, -0.1) is 0 Å². The number of carboxylic acids is 1. The van der Waals surface area contributed by atoms with E-state index in [0.29, 0.717) is 13.0 Å². The van der Waals surface area contributed by atoms with Crippen LogP contribution >= 0.6 is 0 Å². The average Bonchev–Trinajstić information content (AvgIpc) is 2.45. The van der Waals surface area contributed by atoms with Gasteiger partial charge in [-0.1, -0.05) is 13.8 Å². The smallest absolute Gasteiger partial charge is 0.308 e. The number of carbonyl (C=O) groups excluding carboxylic acids is 1. The summed E-state index contributed by atoms with van der Waals surface area (Å²) in [5.41, 5.74) is 0. The Morgan fingerprint density at radius 3 is 2.36 bits per heavy atom. The Balaban J connectivity index is 2.68. The fourth-order valence-corrected chi connectivity index (χ4v) is 1.91. The zero-order chi connectivity index (χ0) is 10.9. The molecule has 80 valence electrons. The van der Waals surface area contributed by atoms with E-state index in [1.54, 1.807) is 4.90 Å². The second-order valence-corrected chi connectivity index (χ2v) is 4.16. The number of carboxylic acid groups (broad SMARTS) is 1. The van der Waals surface area contributed by atoms with Gasteiger partial charge in [-0.3, -0.25) is 9.59 Å². The quantitative estimate of drug-likeness (QED) is 0.720. The summed E-state index contributed by atoms with van der Waals surface area (Å²) in [5.74, 6) is -1.18. The fourth-order valence-electron chi connectivity index (χ4n) is 1.91. The highest BCUT2D eigenvalue weighted by atomic mass is 16.4. The van der Waals surface area contributed by atoms with Crippen molar-refractivity contribution in [1.29, 1.82) is 0 Å². The van der Waals surface area contributed by atoms with Crippen LogP contribution < -0.4 is 0 Å². The van der Waals surface area contributed by atoms with Gasteiger partial charge in [0.25, 0.3) is 0 Å². The van der Waals surface area contributed by atoms with Gasteiger partial charge in [0.15, 0.2) is 0 Å². The summed E-state index contributed by atoms with van der Waals surface area (Å²) < 4.78 is 0. The minimum absolute atomic E-state index is 0.0509. The van der Waals surface area contributed by atoms with E-state index in [9.17, 15) is 9.59 Å². The second-order valence-electron chi connectivity index (χ2n) is 4.16. The number of rotatable bonds is 2. The number of hydrogen-bond acceptors (Lipinski definition) is 2. The van der Waals surface area contributed by atoms with Crippen molar-refractivity contribution in [2.75, 3.05) is 6.54 Å². The lowest BCUT2D eigenvalue weighted by molar-refractivity contribution is -0.143. The van der Waals surface area contributed by atoms with Crippen molar-refractivity contribution in [3.63, 3.8) is 0 Å². The first-order valence-electron chi connectivity index (χ1n) is 4.98. The maximum absolute atomic E-state index is 11.7. The molecule has 2 unspecified atom stereocenters. The molecule has 1 aliphatic heterocycles. The van der Waals surface area contributed by atoms with Gasteiger partial charge in [-0.05, 0) is 13.3 Å². The number of amides is 1. The highest BCUT2D eigenvalue weighted by Crippen LogP contribution is 2.25. The maximum Gasteiger partial charge on any atom is 0.308 e. The Labute approximate surface area is 83.9 Å². The second kappa shape index (κ2) is 3.98. The lowest BCUT2D eigenvalue weighted by Gasteiger charge is -2.24. The van der Waals surface area contributed by atoms with E-state index in [2.05, 4.69) is 0 Å². The third kappa shape index (κ3) is 1.89. The Kier molecular flexibility index (Phi) is 3.13. The molecule has 1 aliphatic rings. The highest BCUT2D eigenvalue weighted by Gasteiger charge is 2.38. The monoisotopic (exact) mass is 199 g/mol. The minimum Gasteiger partial charge on any atom is -0.481 e. The molecule has 0 aromatic heterocycles. The molecule has 0 aromatic carbocycles. The van der Waals surface area contributed by atoms with Crippen molar-refractivity contribution in [3.8, 4) is 0 Å². The molecular formula is C10H17NO3. The molecule has 4 nitrogen and oxygen atoms in total. The molecule has 0 bridgehead atoms. The van der Waals surface area contributed by atoms with Crippen LogP contribution in [0.5, 0.6) is 0 Å². The van der Waals surface area contributed by atoms with Crippen molar-refractivity contribution in [2.24, 2.45) is 11.8 Å². The summed E-state index contributed by atoms with van der Waals surface area (Å²) in [6.07, 6.45) is 0.578. The first-order chi connectivity index (χ1) is 6.45. The van der Waals surface area contributed by atoms with E-state index in [0.717, 1.165) is 0 Å². The van der Waals surface area contributed by atoms with Crippen LogP contribution in [0, 0.1) is 11.8 Å². The van der Waals surface area contributed by atoms with Crippen LogP contribution in [0.25, 0.3) is 0 Å². The van der Waals surface area contributed by atoms with E-state index >= 15 is 0 Å². The summed E-state index contributed by atoms with van der Waals surface area (Å²) in [7, 11) is 0. The zero-order valence-corrected chi connectivity index (χ0v) is 8.86. The Hall–Kier alpha value is -1.06. The van der Waals surface area contributed by atoms with Gasteiger partial charge in [0.2, 0.25) is 5.91 Å². The molecule has 0 aromatic rings. The van der Waals surface area contributed by atoms with Crippen molar-refractivity contribution in [1.82, 2.24) is 4.90 Å². The molecule has 0 radical (unpaired) electrons. The van der Waals surface area contributed by atoms with Crippen LogP contribution in [-0.4, -0.2) is 34.5 Å². The van der Waals surface area contributed by atoms with Crippen LogP contribution in [0.1, 0.15) is 27.2 Å². The predicted molar refractivity (Wildman–Crippen MR) is 51.8 cm³/mol. The third-order valence-electron chi connectivity index (χ3n) is 2.85. The van der Waals surface area contributed by atoms with Gasteiger partial charge in [0.05, 0.1) is 5.92 Å². The predicted octanol–water partition coefficient (Wildman–Crippen LogP) is 0.964. The summed E-state index contributed by atoms with van der Waals surface area (Å²) in [6.45, 7) is 6.06. The maximum atomic E-state index is 11.7. The Morgan fingerprint density at radius 1 is 1.43 bits per heavy atom. The van der Waals surface area contributed by atoms with Crippen molar-refractivity contribution >= 4 is 11.9 Å². The molecule has 1 N–H and O–H groups in total. The van der Waals surface area contributed by atoms with E-state index in [1.165, 1.54) is 0 Å². The van der Waals surface area contributed by atoms with Crippen LogP contribution in [0.3, 0.4) is 0 Å². The molecular weight excluding hydrogens is 182 g/mol. The first-order valence-corrected chi connectivity index (χ1v) is 4.98. The molecule has 0 spiro atoms. The molecule has 0 saturated carbocycles. The molecule has 4 heteroatoms. The van der Waals surface area contributed by atoms with Gasteiger partial charge < -0.3 is 10.0 Å². The summed E-state index contributed by atoms with van der Waals surface area (Å²) in [6, 6.07) is -0.164. The molecule has 1 amide bonds. The number of likely N-dealkylation sites (tertiary alicyclic amines) is 1. The molecule has 2 atom stereocenters. The highest BCUT2D eigenvalue weighted by molar-refractivity contribution is 5.80. The standard InChI is InChI=1S/C10H17NO3/c1-6(2)9(12)11-5-4-8(7(11)3)10(13)14/h6-8H,4-5H2,1-3H3,(H,13,14). The molecule has 1 heterocycles. The van der Waals surface area contributed by atoms with Crippen LogP contribution in [-0.2, 0) is 9.59 Å². The summed E-state index contributed by atoms with van der Waals surface area (Å²) in [4.78, 5) is 24.2. The van der Waals surface area contributed by atoms with E-state index < -0.39 is 11.9 Å². The molecule has 1 rings (SSSR count). The normalized spacial score (nSPS) is 27.0. The summed E-state index contributed by atoms with van der Waals surface area (Å²) >= 11 is 0. The number of carbonyl (C=O) groups is 2. The van der Waals surface area contributed by atoms with Gasteiger partial charge in [0.1, 0.15) is 0 Å². The van der Waals surface area contributed by atoms with E-state index in [4.69, 9.17) is 5.11 Å². The van der Waals surface area contributed by atoms with Gasteiger partial charge in [0, 0.05) is 18.5 Å². The van der Waals surface area contributed by atoms with Crippen molar-refractivity contribution in [3.05, 3.63) is 0 Å². The SMILES string of the molecule is CC(C)C(=O)N1CCC(C(=O)O)C1C. The van der Waals surface area contributed by atoms with Crippen molar-refractivity contribution in [2.45, 2.75) is 33.2 Å². The fraction of sp³-hybridized carbons (Fsp3) is 0.800. The van der Waals surface area contributed by atoms with Crippen LogP contribution in [0.15, 0.2) is 0 Å². The Morgan fingerprint density at radius 2 is 2.00 bits per heavy atom. The zero-order valence-electron chi connectivity index (χ0n) is 8.86. The summed E-state index contributed by atoms with van der Waals surface area (Å²) in [5, 5.41) is 8.88. The topological polar surface area (TPSA) is 57.6 Å². The van der Waals surface area contributed by atoms with Crippen LogP contribution in [0.4, 0.5) is 0 Å². The number of hydrogen-bond donors (Lipinski definition) is 1. The number of nitrogens with zero attached hydrogens (tertiary/aromatic N) is 1. The van der Waals surface area contributed by atoms with Crippen molar-refractivity contribution < 1.29 is 14.7 Å². The van der Waals surface area contributed by atoms with Gasteiger partial charge in [-0.2, -0.15) is 0 Å². The number of aliphatic carboxylic acids is 1. The van der Waals surface area contributed by atoms with Gasteiger partial charge in [-0.25, -0.2) is 0 Å². The molecule has 0 aliphatic carbocycles. The lowest BCUT2D eigenvalue weighted by atomic mass is 10.0. The van der Waals surface area contributed by atoms with E-state index in [-0.39, 0.29) is 17.9 Å². The lowest BCUT2D eigenvalue weighted by Crippen LogP contribution is -2.39. The van der Waals surface area contributed by atoms with Crippen LogP contribution in [0.2, 0.25) is 0 Å². The third-order valence-corrected chi connectivity index (χ3v) is 2.85. The minimum atomic E-state index is -0.795. The molecule has 1 fully saturated rings. The molecule has 1 saturated heterocycles. The van der Waals surface area contributed by atoms with E-state index in [1.807, 2.05) is 20.8 Å². The molecule has 14 heavy (non-hydrogen) atoms. The average molecular weight is 199 g/mol. The first kappa shape index (κ1) is 11.0.